The van der Waals surface area contributed by atoms with E-state index in [1.807, 2.05) is 0 Å². The molecule has 1 N–H and O–H groups in total. The van der Waals surface area contributed by atoms with Crippen molar-refractivity contribution in [3.8, 4) is 0 Å². The first-order chi connectivity index (χ1) is 2.91. The second kappa shape index (κ2) is 5.78. The van der Waals surface area contributed by atoms with Crippen molar-refractivity contribution in [2.24, 2.45) is 0 Å². The molecule has 0 bridgehead atoms. The fourth-order valence-electron chi connectivity index (χ4n) is 0.256. The Morgan fingerprint density at radius 1 is 1.67 bits per heavy atom. The minimum atomic E-state index is -0.245. The number of rotatable bonds is 3. The zero-order chi connectivity index (χ0) is 4.83. The molecule has 0 aromatic rings. The first-order valence-corrected chi connectivity index (χ1v) is 6.27. The van der Waals surface area contributed by atoms with Crippen molar-refractivity contribution >= 4 is 21.6 Å². The van der Waals surface area contributed by atoms with Crippen LogP contribution in [0.1, 0.15) is 13.3 Å². The van der Waals surface area contributed by atoms with E-state index in [9.17, 15) is 0 Å². The summed E-state index contributed by atoms with van der Waals surface area (Å²) in [6.45, 7) is 2.16. The Balaban J connectivity index is 2.34. The Kier molecular flexibility index (Phi) is 6.53. The Labute approximate surface area is 49.3 Å². The molecule has 0 radical (unpaired) electrons. The summed E-state index contributed by atoms with van der Waals surface area (Å²) in [7, 11) is 0. The van der Waals surface area contributed by atoms with Crippen molar-refractivity contribution < 1.29 is 5.11 Å². The first kappa shape index (κ1) is 6.78. The molecule has 0 spiro atoms. The summed E-state index contributed by atoms with van der Waals surface area (Å²) in [4.78, 5) is 0. The van der Waals surface area contributed by atoms with E-state index >= 15 is 0 Å². The van der Waals surface area contributed by atoms with Gasteiger partial charge in [0.05, 0.1) is 0 Å². The van der Waals surface area contributed by atoms with Gasteiger partial charge in [-0.15, -0.1) is 0 Å². The van der Waals surface area contributed by atoms with Crippen LogP contribution in [0.25, 0.3) is 0 Å². The van der Waals surface area contributed by atoms with Gasteiger partial charge in [-0.1, -0.05) is 0 Å². The number of hydrogen-bond acceptors (Lipinski definition) is 1. The van der Waals surface area contributed by atoms with Crippen molar-refractivity contribution in [2.45, 2.75) is 17.7 Å². The van der Waals surface area contributed by atoms with Crippen LogP contribution in [0.2, 0.25) is 4.37 Å². The number of aliphatic hydroxyl groups excluding tert-OH is 1. The molecule has 0 saturated heterocycles. The normalized spacial score (nSPS) is 9.00. The molecule has 0 aromatic heterocycles. The van der Waals surface area contributed by atoms with E-state index in [2.05, 4.69) is 6.92 Å². The molecule has 38 valence electrons. The van der Waals surface area contributed by atoms with Crippen LogP contribution in [-0.2, 0) is 0 Å². The average Bonchev–Trinajstić information content (AvgIpc) is 1.61. The van der Waals surface area contributed by atoms with Gasteiger partial charge in [-0.3, -0.25) is 0 Å². The molecule has 6 heavy (non-hydrogen) atoms. The molecular weight excluding hydrogens is 186 g/mol. The van der Waals surface area contributed by atoms with Gasteiger partial charge in [0.15, 0.2) is 0 Å². The molecule has 0 rings (SSSR count). The van der Waals surface area contributed by atoms with Crippen LogP contribution in [0.5, 0.6) is 0 Å². The standard InChI is InChI=1S/C3H7.CH3O.Sb.H/c1-3-2;1-2;;/h1,3H2,2H3;2H,1H2;;. The van der Waals surface area contributed by atoms with Crippen LogP contribution in [0.4, 0.5) is 0 Å². The predicted molar refractivity (Wildman–Crippen MR) is 29.3 cm³/mol. The van der Waals surface area contributed by atoms with Crippen molar-refractivity contribution in [3.63, 3.8) is 0 Å². The monoisotopic (exact) mass is 196 g/mol. The molecular formula is C4H11OSb. The summed E-state index contributed by atoms with van der Waals surface area (Å²) < 4.78 is 1.86. The van der Waals surface area contributed by atoms with Gasteiger partial charge in [-0.2, -0.15) is 0 Å². The Morgan fingerprint density at radius 3 is 2.50 bits per heavy atom. The van der Waals surface area contributed by atoms with Gasteiger partial charge in [-0.25, -0.2) is 0 Å². The SMILES string of the molecule is CC[CH2][SbH][CH2]O. The van der Waals surface area contributed by atoms with Crippen LogP contribution in [0.3, 0.4) is 0 Å². The molecule has 0 unspecified atom stereocenters. The molecule has 0 aliphatic carbocycles. The maximum absolute atomic E-state index is 8.27. The van der Waals surface area contributed by atoms with E-state index in [0.29, 0.717) is 4.55 Å². The predicted octanol–water partition coefficient (Wildman–Crippen LogP) is 0.201. The zero-order valence-electron chi connectivity index (χ0n) is 4.07. The third-order valence-electron chi connectivity index (χ3n) is 0.539. The van der Waals surface area contributed by atoms with E-state index in [0.717, 1.165) is 0 Å². The van der Waals surface area contributed by atoms with E-state index in [4.69, 9.17) is 5.11 Å². The Hall–Kier alpha value is 0.778. The number of aliphatic hydroxyl groups is 1. The van der Waals surface area contributed by atoms with E-state index in [-0.39, 0.29) is 21.6 Å². The molecule has 0 fully saturated rings. The van der Waals surface area contributed by atoms with Crippen molar-refractivity contribution in [1.29, 1.82) is 0 Å². The van der Waals surface area contributed by atoms with Crippen molar-refractivity contribution in [1.82, 2.24) is 0 Å². The van der Waals surface area contributed by atoms with Crippen LogP contribution in [-0.4, -0.2) is 31.3 Å². The maximum atomic E-state index is 8.27. The van der Waals surface area contributed by atoms with Gasteiger partial charge < -0.3 is 0 Å². The summed E-state index contributed by atoms with van der Waals surface area (Å²) in [5.74, 6) is 0. The Morgan fingerprint density at radius 2 is 2.33 bits per heavy atom. The third kappa shape index (κ3) is 4.78. The quantitative estimate of drug-likeness (QED) is 0.506. The van der Waals surface area contributed by atoms with Gasteiger partial charge in [-0.05, 0) is 0 Å². The molecule has 0 aromatic carbocycles. The van der Waals surface area contributed by atoms with Crippen molar-refractivity contribution in [3.05, 3.63) is 0 Å². The summed E-state index contributed by atoms with van der Waals surface area (Å²) in [6.07, 6.45) is 1.27. The van der Waals surface area contributed by atoms with Gasteiger partial charge in [0.2, 0.25) is 0 Å². The molecule has 0 heterocycles. The van der Waals surface area contributed by atoms with Crippen LogP contribution < -0.4 is 0 Å². The molecule has 0 atom stereocenters. The van der Waals surface area contributed by atoms with Crippen LogP contribution in [0, 0.1) is 0 Å². The van der Waals surface area contributed by atoms with Crippen LogP contribution in [0.15, 0.2) is 0 Å². The summed E-state index contributed by atoms with van der Waals surface area (Å²) in [5.41, 5.74) is 0. The summed E-state index contributed by atoms with van der Waals surface area (Å²) >= 11 is -0.245. The van der Waals surface area contributed by atoms with Crippen molar-refractivity contribution in [2.75, 3.05) is 4.55 Å². The fraction of sp³-hybridized carbons (Fsp3) is 1.00. The second-order valence-corrected chi connectivity index (χ2v) is 4.91. The van der Waals surface area contributed by atoms with Gasteiger partial charge in [0, 0.05) is 0 Å². The first-order valence-electron chi connectivity index (χ1n) is 2.23. The molecule has 0 amide bonds. The van der Waals surface area contributed by atoms with E-state index < -0.39 is 0 Å². The zero-order valence-corrected chi connectivity index (χ0v) is 6.92. The van der Waals surface area contributed by atoms with E-state index in [1.54, 1.807) is 0 Å². The van der Waals surface area contributed by atoms with Gasteiger partial charge >= 0.3 is 49.0 Å². The molecule has 0 aliphatic heterocycles. The molecule has 0 aliphatic rings. The van der Waals surface area contributed by atoms with Crippen LogP contribution >= 0.6 is 0 Å². The summed E-state index contributed by atoms with van der Waals surface area (Å²) in [6, 6.07) is 0. The molecule has 0 saturated carbocycles. The molecule has 1 nitrogen and oxygen atoms in total. The van der Waals surface area contributed by atoms with Gasteiger partial charge in [0.25, 0.3) is 0 Å². The fourth-order valence-corrected chi connectivity index (χ4v) is 1.72. The van der Waals surface area contributed by atoms with E-state index in [1.165, 1.54) is 10.8 Å². The topological polar surface area (TPSA) is 20.2 Å². The third-order valence-corrected chi connectivity index (χ3v) is 3.61. The molecule has 2 heteroatoms. The number of hydrogen-bond donors (Lipinski definition) is 1. The van der Waals surface area contributed by atoms with Gasteiger partial charge in [0.1, 0.15) is 0 Å². The second-order valence-electron chi connectivity index (χ2n) is 1.16. The average molecular weight is 197 g/mol. The minimum absolute atomic E-state index is 0.245. The summed E-state index contributed by atoms with van der Waals surface area (Å²) in [5, 5.41) is 8.27. The Bertz CT molecular complexity index is 19.5.